The van der Waals surface area contributed by atoms with Crippen molar-refractivity contribution in [1.82, 2.24) is 0 Å². The molecule has 1 atom stereocenters. The molecule has 0 heterocycles. The Balaban J connectivity index is 2.44. The van der Waals surface area contributed by atoms with Crippen molar-refractivity contribution >= 4 is 33.3 Å². The molecule has 156 valence electrons. The zero-order valence-electron chi connectivity index (χ0n) is 16.9. The lowest BCUT2D eigenvalue weighted by molar-refractivity contribution is -0.116. The number of rotatable bonds is 7. The first-order valence-corrected chi connectivity index (χ1v) is 10.6. The first-order valence-electron chi connectivity index (χ1n) is 8.72. The van der Waals surface area contributed by atoms with Gasteiger partial charge in [0.15, 0.2) is 0 Å². The van der Waals surface area contributed by atoms with E-state index < -0.39 is 27.9 Å². The van der Waals surface area contributed by atoms with Crippen molar-refractivity contribution in [3.05, 3.63) is 53.6 Å². The lowest BCUT2D eigenvalue weighted by atomic mass is 10.1. The minimum Gasteiger partial charge on any atom is -0.495 e. The molecule has 29 heavy (non-hydrogen) atoms. The molecule has 1 N–H and O–H groups in total. The van der Waals surface area contributed by atoms with Crippen LogP contribution in [0.4, 0.5) is 11.4 Å². The number of anilines is 2. The van der Waals surface area contributed by atoms with Crippen LogP contribution < -0.4 is 14.4 Å². The number of carbonyl (C=O) groups excluding carboxylic acids is 2. The highest BCUT2D eigenvalue weighted by atomic mass is 32.2. The molecule has 0 unspecified atom stereocenters. The number of amides is 1. The predicted molar refractivity (Wildman–Crippen MR) is 111 cm³/mol. The summed E-state index contributed by atoms with van der Waals surface area (Å²) in [5.41, 5.74) is 1.44. The van der Waals surface area contributed by atoms with Gasteiger partial charge in [0.1, 0.15) is 11.8 Å². The Morgan fingerprint density at radius 3 is 2.34 bits per heavy atom. The second kappa shape index (κ2) is 8.95. The summed E-state index contributed by atoms with van der Waals surface area (Å²) in [5.74, 6) is -0.917. The van der Waals surface area contributed by atoms with Gasteiger partial charge in [0.2, 0.25) is 15.9 Å². The molecular weight excluding hydrogens is 396 g/mol. The standard InChI is InChI=1S/C20H24N2O6S/c1-13-10-11-18(27-3)17(12-13)22(29(5,25)26)14(2)19(23)21-16-9-7-6-8-15(16)20(24)28-4/h6-12,14H,1-5H3,(H,21,23)/t14-/m0/s1. The summed E-state index contributed by atoms with van der Waals surface area (Å²) < 4.78 is 36.1. The molecule has 2 aromatic carbocycles. The number of ether oxygens (including phenoxy) is 2. The number of hydrogen-bond donors (Lipinski definition) is 1. The van der Waals surface area contributed by atoms with Crippen molar-refractivity contribution in [3.8, 4) is 5.75 Å². The Bertz CT molecular complexity index is 1020. The smallest absolute Gasteiger partial charge is 0.339 e. The maximum Gasteiger partial charge on any atom is 0.339 e. The molecule has 0 saturated carbocycles. The molecule has 0 radical (unpaired) electrons. The van der Waals surface area contributed by atoms with Crippen molar-refractivity contribution in [2.24, 2.45) is 0 Å². The summed E-state index contributed by atoms with van der Waals surface area (Å²) in [6.07, 6.45) is 1.01. The van der Waals surface area contributed by atoms with Gasteiger partial charge in [-0.2, -0.15) is 0 Å². The van der Waals surface area contributed by atoms with E-state index in [2.05, 4.69) is 5.32 Å². The van der Waals surface area contributed by atoms with E-state index in [9.17, 15) is 18.0 Å². The van der Waals surface area contributed by atoms with Crippen LogP contribution in [0.3, 0.4) is 0 Å². The lowest BCUT2D eigenvalue weighted by Crippen LogP contribution is -2.45. The Labute approximate surface area is 170 Å². The second-order valence-corrected chi connectivity index (χ2v) is 8.30. The van der Waals surface area contributed by atoms with E-state index >= 15 is 0 Å². The molecule has 0 aliphatic heterocycles. The number of hydrogen-bond acceptors (Lipinski definition) is 6. The minimum absolute atomic E-state index is 0.162. The third kappa shape index (κ3) is 5.05. The fraction of sp³-hybridized carbons (Fsp3) is 0.300. The Kier molecular flexibility index (Phi) is 6.86. The van der Waals surface area contributed by atoms with E-state index in [1.54, 1.807) is 37.3 Å². The molecule has 0 aliphatic carbocycles. The molecule has 1 amide bonds. The summed E-state index contributed by atoms with van der Waals surface area (Å²) in [6.45, 7) is 3.26. The maximum atomic E-state index is 12.9. The summed E-state index contributed by atoms with van der Waals surface area (Å²) in [5, 5.41) is 2.61. The van der Waals surface area contributed by atoms with Gasteiger partial charge in [-0.3, -0.25) is 9.10 Å². The van der Waals surface area contributed by atoms with Crippen LogP contribution in [0.15, 0.2) is 42.5 Å². The normalized spacial score (nSPS) is 12.0. The van der Waals surface area contributed by atoms with Gasteiger partial charge in [-0.15, -0.1) is 0 Å². The van der Waals surface area contributed by atoms with E-state index in [4.69, 9.17) is 9.47 Å². The van der Waals surface area contributed by atoms with Gasteiger partial charge < -0.3 is 14.8 Å². The molecule has 9 heteroatoms. The molecular formula is C20H24N2O6S. The number of methoxy groups -OCH3 is 2. The van der Waals surface area contributed by atoms with Crippen LogP contribution >= 0.6 is 0 Å². The zero-order chi connectivity index (χ0) is 21.8. The van der Waals surface area contributed by atoms with Crippen LogP contribution in [-0.4, -0.2) is 46.8 Å². The van der Waals surface area contributed by atoms with Gasteiger partial charge in [-0.1, -0.05) is 18.2 Å². The van der Waals surface area contributed by atoms with Crippen LogP contribution in [0.5, 0.6) is 5.75 Å². The molecule has 2 aromatic rings. The molecule has 8 nitrogen and oxygen atoms in total. The highest BCUT2D eigenvalue weighted by Crippen LogP contribution is 2.33. The number of sulfonamides is 1. The molecule has 0 bridgehead atoms. The van der Waals surface area contributed by atoms with Gasteiger partial charge in [-0.25, -0.2) is 13.2 Å². The average molecular weight is 420 g/mol. The van der Waals surface area contributed by atoms with Crippen molar-refractivity contribution < 1.29 is 27.5 Å². The van der Waals surface area contributed by atoms with Crippen LogP contribution in [0.2, 0.25) is 0 Å². The summed E-state index contributed by atoms with van der Waals surface area (Å²) in [4.78, 5) is 24.8. The number of para-hydroxylation sites is 1. The largest absolute Gasteiger partial charge is 0.495 e. The SMILES string of the molecule is COC(=O)c1ccccc1NC(=O)[C@H](C)N(c1cc(C)ccc1OC)S(C)(=O)=O. The summed E-state index contributed by atoms with van der Waals surface area (Å²) in [7, 11) is -1.18. The van der Waals surface area contributed by atoms with E-state index in [1.165, 1.54) is 33.3 Å². The Hall–Kier alpha value is -3.07. The third-order valence-electron chi connectivity index (χ3n) is 4.25. The molecule has 0 fully saturated rings. The molecule has 0 aliphatic rings. The first-order chi connectivity index (χ1) is 13.6. The number of benzene rings is 2. The summed E-state index contributed by atoms with van der Waals surface area (Å²) in [6, 6.07) is 10.2. The second-order valence-electron chi connectivity index (χ2n) is 6.44. The van der Waals surface area contributed by atoms with Crippen LogP contribution in [0, 0.1) is 6.92 Å². The average Bonchev–Trinajstić information content (AvgIpc) is 2.67. The molecule has 0 aromatic heterocycles. The van der Waals surface area contributed by atoms with Crippen LogP contribution in [0.25, 0.3) is 0 Å². The maximum absolute atomic E-state index is 12.9. The van der Waals surface area contributed by atoms with Gasteiger partial charge >= 0.3 is 5.97 Å². The summed E-state index contributed by atoms with van der Waals surface area (Å²) >= 11 is 0. The monoisotopic (exact) mass is 420 g/mol. The van der Waals surface area contributed by atoms with E-state index in [-0.39, 0.29) is 16.9 Å². The molecule has 0 saturated heterocycles. The van der Waals surface area contributed by atoms with Crippen molar-refractivity contribution in [2.75, 3.05) is 30.1 Å². The third-order valence-corrected chi connectivity index (χ3v) is 5.48. The predicted octanol–water partition coefficient (Wildman–Crippen LogP) is 2.58. The fourth-order valence-corrected chi connectivity index (χ4v) is 4.04. The van der Waals surface area contributed by atoms with E-state index in [0.29, 0.717) is 5.75 Å². The number of nitrogens with one attached hydrogen (secondary N) is 1. The van der Waals surface area contributed by atoms with Gasteiger partial charge in [-0.05, 0) is 43.7 Å². The Morgan fingerprint density at radius 1 is 1.10 bits per heavy atom. The highest BCUT2D eigenvalue weighted by Gasteiger charge is 2.32. The Morgan fingerprint density at radius 2 is 1.76 bits per heavy atom. The van der Waals surface area contributed by atoms with E-state index in [1.807, 2.05) is 0 Å². The van der Waals surface area contributed by atoms with Crippen molar-refractivity contribution in [2.45, 2.75) is 19.9 Å². The molecule has 0 spiro atoms. The number of nitrogens with zero attached hydrogens (tertiary/aromatic N) is 1. The van der Waals surface area contributed by atoms with E-state index in [0.717, 1.165) is 16.1 Å². The fourth-order valence-electron chi connectivity index (χ4n) is 2.87. The van der Waals surface area contributed by atoms with Crippen molar-refractivity contribution in [3.63, 3.8) is 0 Å². The van der Waals surface area contributed by atoms with Gasteiger partial charge in [0.05, 0.1) is 37.4 Å². The quantitative estimate of drug-likeness (QED) is 0.691. The zero-order valence-corrected chi connectivity index (χ0v) is 17.7. The topological polar surface area (TPSA) is 102 Å². The number of aryl methyl sites for hydroxylation is 1. The van der Waals surface area contributed by atoms with Crippen LogP contribution in [0.1, 0.15) is 22.8 Å². The number of esters is 1. The van der Waals surface area contributed by atoms with Gasteiger partial charge in [0, 0.05) is 0 Å². The lowest BCUT2D eigenvalue weighted by Gasteiger charge is -2.29. The first kappa shape index (κ1) is 22.2. The van der Waals surface area contributed by atoms with Crippen molar-refractivity contribution in [1.29, 1.82) is 0 Å². The van der Waals surface area contributed by atoms with Crippen LogP contribution in [-0.2, 0) is 19.6 Å². The molecule has 2 rings (SSSR count). The van der Waals surface area contributed by atoms with Gasteiger partial charge in [0.25, 0.3) is 0 Å². The number of carbonyl (C=O) groups is 2. The highest BCUT2D eigenvalue weighted by molar-refractivity contribution is 7.92. The minimum atomic E-state index is -3.83.